The van der Waals surface area contributed by atoms with Crippen LogP contribution in [0.3, 0.4) is 0 Å². The summed E-state index contributed by atoms with van der Waals surface area (Å²) in [6, 6.07) is 42.8. The van der Waals surface area contributed by atoms with Crippen LogP contribution in [-0.2, 0) is 5.60 Å². The van der Waals surface area contributed by atoms with Crippen molar-refractivity contribution >= 4 is 11.6 Å². The number of ketones is 2. The molecule has 0 saturated heterocycles. The van der Waals surface area contributed by atoms with Gasteiger partial charge in [-0.05, 0) is 35.2 Å². The average molecular weight is 597 g/mol. The summed E-state index contributed by atoms with van der Waals surface area (Å²) in [4.78, 5) is 29.9. The van der Waals surface area contributed by atoms with Crippen molar-refractivity contribution in [2.75, 3.05) is 14.2 Å². The van der Waals surface area contributed by atoms with Crippen molar-refractivity contribution < 1.29 is 24.2 Å². The maximum absolute atomic E-state index is 14.9. The standard InChI is InChI=1S/C40H36O5/c1-44-33-24-14-12-22-30(33)32-26-40(43,29-20-10-5-11-21-29)37(39(42)28-18-8-4-9-19-28)35(31-23-13-15-25-34(31)45-2)36(32)38(41)27-16-6-3-7-17-27/h3-25,32,35-37,43H,26H2,1-2H3/t32-,35+,36-,37+,40-/m0/s1. The molecule has 1 N–H and O–H groups in total. The van der Waals surface area contributed by atoms with Crippen LogP contribution in [0.4, 0.5) is 0 Å². The Labute approximate surface area is 264 Å². The van der Waals surface area contributed by atoms with Crippen LogP contribution in [0.15, 0.2) is 140 Å². The number of rotatable bonds is 9. The normalized spacial score (nSPS) is 22.7. The lowest BCUT2D eigenvalue weighted by Gasteiger charge is -2.51. The molecule has 5 aromatic rings. The quantitative estimate of drug-likeness (QED) is 0.175. The van der Waals surface area contributed by atoms with Crippen molar-refractivity contribution in [3.8, 4) is 11.5 Å². The van der Waals surface area contributed by atoms with Gasteiger partial charge in [0.25, 0.3) is 0 Å². The van der Waals surface area contributed by atoms with Gasteiger partial charge in [0.15, 0.2) is 11.6 Å². The second-order valence-corrected chi connectivity index (χ2v) is 11.6. The number of Topliss-reactive ketones (excluding diaryl/α,β-unsaturated/α-hetero) is 2. The van der Waals surface area contributed by atoms with Crippen LogP contribution in [0.2, 0.25) is 0 Å². The molecule has 5 nitrogen and oxygen atoms in total. The van der Waals surface area contributed by atoms with Crippen LogP contribution < -0.4 is 9.47 Å². The zero-order valence-corrected chi connectivity index (χ0v) is 25.4. The van der Waals surface area contributed by atoms with E-state index in [0.717, 1.165) is 5.56 Å². The fourth-order valence-electron chi connectivity index (χ4n) is 7.26. The number of carbonyl (C=O) groups excluding carboxylic acids is 2. The van der Waals surface area contributed by atoms with Crippen molar-refractivity contribution in [3.05, 3.63) is 167 Å². The third kappa shape index (κ3) is 5.56. The Kier molecular flexibility index (Phi) is 8.63. The highest BCUT2D eigenvalue weighted by Gasteiger charge is 2.59. The van der Waals surface area contributed by atoms with Crippen molar-refractivity contribution in [3.63, 3.8) is 0 Å². The number of hydrogen-bond donors (Lipinski definition) is 1. The Hall–Kier alpha value is -5.00. The first-order chi connectivity index (χ1) is 22.0. The van der Waals surface area contributed by atoms with E-state index in [9.17, 15) is 14.7 Å². The number of methoxy groups -OCH3 is 2. The van der Waals surface area contributed by atoms with E-state index in [2.05, 4.69) is 0 Å². The predicted octanol–water partition coefficient (Wildman–Crippen LogP) is 7.86. The molecule has 5 heteroatoms. The van der Waals surface area contributed by atoms with Gasteiger partial charge in [0, 0.05) is 28.9 Å². The molecular formula is C40H36O5. The topological polar surface area (TPSA) is 72.8 Å². The third-order valence-electron chi connectivity index (χ3n) is 9.24. The van der Waals surface area contributed by atoms with E-state index >= 15 is 0 Å². The maximum Gasteiger partial charge on any atom is 0.169 e. The predicted molar refractivity (Wildman–Crippen MR) is 175 cm³/mol. The van der Waals surface area contributed by atoms with Crippen molar-refractivity contribution in [1.82, 2.24) is 0 Å². The van der Waals surface area contributed by atoms with Gasteiger partial charge in [-0.15, -0.1) is 0 Å². The first-order valence-corrected chi connectivity index (χ1v) is 15.2. The van der Waals surface area contributed by atoms with Gasteiger partial charge < -0.3 is 14.6 Å². The van der Waals surface area contributed by atoms with Gasteiger partial charge in [0.2, 0.25) is 0 Å². The van der Waals surface area contributed by atoms with E-state index in [-0.39, 0.29) is 18.0 Å². The van der Waals surface area contributed by atoms with Gasteiger partial charge in [-0.3, -0.25) is 9.59 Å². The highest BCUT2D eigenvalue weighted by Crippen LogP contribution is 2.60. The molecule has 1 aliphatic rings. The van der Waals surface area contributed by atoms with Crippen LogP contribution in [0.25, 0.3) is 0 Å². The molecule has 0 radical (unpaired) electrons. The van der Waals surface area contributed by atoms with E-state index in [4.69, 9.17) is 9.47 Å². The number of aliphatic hydroxyl groups is 1. The van der Waals surface area contributed by atoms with Crippen LogP contribution in [0.5, 0.6) is 11.5 Å². The van der Waals surface area contributed by atoms with E-state index in [0.29, 0.717) is 33.8 Å². The third-order valence-corrected chi connectivity index (χ3v) is 9.24. The summed E-state index contributed by atoms with van der Waals surface area (Å²) in [5, 5.41) is 13.2. The number of hydrogen-bond acceptors (Lipinski definition) is 5. The Bertz CT molecular complexity index is 1770. The minimum absolute atomic E-state index is 0.108. The smallest absolute Gasteiger partial charge is 0.169 e. The summed E-state index contributed by atoms with van der Waals surface area (Å²) in [7, 11) is 3.20. The van der Waals surface area contributed by atoms with Gasteiger partial charge in [-0.25, -0.2) is 0 Å². The fraction of sp³-hybridized carbons (Fsp3) is 0.200. The Morgan fingerprint density at radius 2 is 1.04 bits per heavy atom. The summed E-state index contributed by atoms with van der Waals surface area (Å²) in [5.74, 6) is -2.23. The second kappa shape index (κ2) is 12.9. The minimum Gasteiger partial charge on any atom is -0.496 e. The summed E-state index contributed by atoms with van der Waals surface area (Å²) in [6.45, 7) is 0. The van der Waals surface area contributed by atoms with Gasteiger partial charge in [-0.2, -0.15) is 0 Å². The molecule has 5 atom stereocenters. The summed E-state index contributed by atoms with van der Waals surface area (Å²) < 4.78 is 11.7. The monoisotopic (exact) mass is 596 g/mol. The van der Waals surface area contributed by atoms with E-state index < -0.39 is 29.3 Å². The minimum atomic E-state index is -1.65. The Morgan fingerprint density at radius 3 is 1.60 bits per heavy atom. The molecule has 0 bridgehead atoms. The lowest BCUT2D eigenvalue weighted by Crippen LogP contribution is -2.53. The summed E-state index contributed by atoms with van der Waals surface area (Å²) in [5.41, 5.74) is 1.46. The van der Waals surface area contributed by atoms with Gasteiger partial charge in [0.1, 0.15) is 17.1 Å². The zero-order chi connectivity index (χ0) is 31.4. The largest absolute Gasteiger partial charge is 0.496 e. The molecule has 226 valence electrons. The molecule has 5 aromatic carbocycles. The van der Waals surface area contributed by atoms with Crippen molar-refractivity contribution in [2.24, 2.45) is 11.8 Å². The fourth-order valence-corrected chi connectivity index (χ4v) is 7.26. The van der Waals surface area contributed by atoms with Gasteiger partial charge >= 0.3 is 0 Å². The number of para-hydroxylation sites is 2. The van der Waals surface area contributed by atoms with Crippen molar-refractivity contribution in [2.45, 2.75) is 23.9 Å². The molecule has 0 amide bonds. The Morgan fingerprint density at radius 1 is 0.600 bits per heavy atom. The van der Waals surface area contributed by atoms with Crippen LogP contribution in [-0.4, -0.2) is 30.9 Å². The second-order valence-electron chi connectivity index (χ2n) is 11.6. The molecule has 1 fully saturated rings. The van der Waals surface area contributed by atoms with Crippen molar-refractivity contribution in [1.29, 1.82) is 0 Å². The molecule has 0 aliphatic heterocycles. The first kappa shape index (κ1) is 30.0. The molecule has 1 aliphatic carbocycles. The molecule has 0 spiro atoms. The number of benzene rings is 5. The summed E-state index contributed by atoms with van der Waals surface area (Å²) in [6.07, 6.45) is 0.121. The molecule has 6 rings (SSSR count). The molecule has 0 heterocycles. The molecule has 0 aromatic heterocycles. The summed E-state index contributed by atoms with van der Waals surface area (Å²) >= 11 is 0. The molecular weight excluding hydrogens is 560 g/mol. The van der Waals surface area contributed by atoms with E-state index in [1.54, 1.807) is 26.4 Å². The molecule has 45 heavy (non-hydrogen) atoms. The van der Waals surface area contributed by atoms with Crippen LogP contribution in [0, 0.1) is 11.8 Å². The average Bonchev–Trinajstić information content (AvgIpc) is 3.11. The van der Waals surface area contributed by atoms with Gasteiger partial charge in [0.05, 0.1) is 20.1 Å². The Balaban J connectivity index is 1.70. The SMILES string of the molecule is COc1ccccc1[C@@H]1[C@@H](C(=O)c2ccccc2)[C@H](c2ccccc2OC)C[C@](O)(c2ccccc2)[C@H]1C(=O)c1ccccc1. The number of ether oxygens (including phenoxy) is 2. The lowest BCUT2D eigenvalue weighted by atomic mass is 9.52. The maximum atomic E-state index is 14.9. The van der Waals surface area contributed by atoms with E-state index in [1.165, 1.54) is 0 Å². The zero-order valence-electron chi connectivity index (χ0n) is 25.4. The molecule has 0 unspecified atom stereocenters. The molecule has 1 saturated carbocycles. The number of carbonyl (C=O) groups is 2. The highest BCUT2D eigenvalue weighted by molar-refractivity contribution is 6.03. The van der Waals surface area contributed by atoms with Crippen LogP contribution >= 0.6 is 0 Å². The first-order valence-electron chi connectivity index (χ1n) is 15.2. The van der Waals surface area contributed by atoms with Crippen LogP contribution in [0.1, 0.15) is 55.7 Å². The van der Waals surface area contributed by atoms with E-state index in [1.807, 2.05) is 127 Å². The highest BCUT2D eigenvalue weighted by atomic mass is 16.5. The van der Waals surface area contributed by atoms with Gasteiger partial charge in [-0.1, -0.05) is 127 Å². The lowest BCUT2D eigenvalue weighted by molar-refractivity contribution is -0.0694.